The number of aryl methyl sites for hydroxylation is 1. The Morgan fingerprint density at radius 2 is 1.97 bits per heavy atom. The number of fused-ring (bicyclic) bond motifs is 4. The molecule has 2 N–H and O–H groups in total. The average Bonchev–Trinajstić information content (AvgIpc) is 3.27. The molecule has 162 valence electrons. The molecule has 2 saturated carbocycles. The molecule has 2 aromatic carbocycles. The van der Waals surface area contributed by atoms with Crippen molar-refractivity contribution < 1.29 is 19.4 Å². The second kappa shape index (κ2) is 6.62. The predicted octanol–water partition coefficient (Wildman–Crippen LogP) is 4.42. The highest BCUT2D eigenvalue weighted by Crippen LogP contribution is 2.73. The Labute approximate surface area is 184 Å². The molecule has 3 aromatic rings. The van der Waals surface area contributed by atoms with Crippen molar-refractivity contribution in [1.82, 2.24) is 9.78 Å². The second-order valence-corrected chi connectivity index (χ2v) is 9.37. The number of carbonyl (C=O) groups is 1. The minimum absolute atomic E-state index is 0.208. The van der Waals surface area contributed by atoms with Crippen LogP contribution in [0.15, 0.2) is 60.3 Å². The van der Waals surface area contributed by atoms with Crippen LogP contribution in [0.4, 0.5) is 4.39 Å². The largest absolute Gasteiger partial charge is 0.478 e. The zero-order valence-electron chi connectivity index (χ0n) is 17.5. The minimum Gasteiger partial charge on any atom is -0.478 e. The van der Waals surface area contributed by atoms with Gasteiger partial charge in [-0.3, -0.25) is 0 Å². The summed E-state index contributed by atoms with van der Waals surface area (Å²) in [6, 6.07) is 13.4. The molecule has 0 spiro atoms. The number of aromatic carboxylic acids is 1. The second-order valence-electron chi connectivity index (χ2n) is 9.37. The lowest BCUT2D eigenvalue weighted by Gasteiger charge is -2.38. The summed E-state index contributed by atoms with van der Waals surface area (Å²) in [5, 5.41) is 25.9. The number of rotatable bonds is 5. The summed E-state index contributed by atoms with van der Waals surface area (Å²) in [4.78, 5) is 11.6. The summed E-state index contributed by atoms with van der Waals surface area (Å²) in [6.07, 6.45) is 7.59. The van der Waals surface area contributed by atoms with Gasteiger partial charge in [-0.1, -0.05) is 18.2 Å². The fourth-order valence-corrected chi connectivity index (χ4v) is 6.10. The molecule has 3 aliphatic rings. The smallest absolute Gasteiger partial charge is 0.335 e. The van der Waals surface area contributed by atoms with Crippen molar-refractivity contribution in [3.05, 3.63) is 88.5 Å². The molecular weight excluding hydrogens is 407 g/mol. The summed E-state index contributed by atoms with van der Waals surface area (Å²) in [6.45, 7) is 0. The third kappa shape index (κ3) is 2.65. The maximum Gasteiger partial charge on any atom is 0.335 e. The molecule has 0 aliphatic heterocycles. The zero-order chi connectivity index (χ0) is 22.1. The lowest BCUT2D eigenvalue weighted by molar-refractivity contribution is 0.00655. The van der Waals surface area contributed by atoms with Gasteiger partial charge in [-0.25, -0.2) is 13.9 Å². The maximum absolute atomic E-state index is 13.3. The Balaban J connectivity index is 1.30. The van der Waals surface area contributed by atoms with E-state index in [0.29, 0.717) is 24.3 Å². The van der Waals surface area contributed by atoms with E-state index in [0.717, 1.165) is 47.3 Å². The summed E-state index contributed by atoms with van der Waals surface area (Å²) in [7, 11) is 0. The highest BCUT2D eigenvalue weighted by atomic mass is 19.1. The molecule has 2 fully saturated rings. The number of carboxylic acid groups (broad SMARTS) is 1. The van der Waals surface area contributed by atoms with Crippen molar-refractivity contribution in [3.8, 4) is 5.69 Å². The van der Waals surface area contributed by atoms with Crippen LogP contribution in [0.25, 0.3) is 11.8 Å². The molecule has 3 atom stereocenters. The van der Waals surface area contributed by atoms with Crippen LogP contribution >= 0.6 is 0 Å². The molecule has 1 heterocycles. The number of halogens is 1. The topological polar surface area (TPSA) is 75.3 Å². The Morgan fingerprint density at radius 3 is 2.75 bits per heavy atom. The first kappa shape index (κ1) is 19.4. The number of hydrogen-bond acceptors (Lipinski definition) is 3. The zero-order valence-corrected chi connectivity index (χ0v) is 17.5. The molecule has 6 heteroatoms. The van der Waals surface area contributed by atoms with E-state index in [9.17, 15) is 19.4 Å². The number of carboxylic acids is 1. The van der Waals surface area contributed by atoms with Crippen LogP contribution in [0, 0.1) is 17.2 Å². The van der Waals surface area contributed by atoms with Gasteiger partial charge in [-0.15, -0.1) is 0 Å². The average molecular weight is 430 g/mol. The van der Waals surface area contributed by atoms with Gasteiger partial charge in [0.1, 0.15) is 5.82 Å². The Morgan fingerprint density at radius 1 is 1.19 bits per heavy atom. The normalized spacial score (nSPS) is 27.3. The highest BCUT2D eigenvalue weighted by Gasteiger charge is 2.72. The molecule has 2 unspecified atom stereocenters. The molecule has 1 aromatic heterocycles. The molecule has 0 amide bonds. The summed E-state index contributed by atoms with van der Waals surface area (Å²) < 4.78 is 15.1. The van der Waals surface area contributed by atoms with Crippen molar-refractivity contribution in [1.29, 1.82) is 0 Å². The number of nitrogens with zero attached hydrogens (tertiary/aromatic N) is 2. The summed E-state index contributed by atoms with van der Waals surface area (Å²) in [5.41, 5.74) is 3.80. The molecular formula is C26H23FN2O3. The van der Waals surface area contributed by atoms with Gasteiger partial charge in [-0.05, 0) is 79.1 Å². The van der Waals surface area contributed by atoms with Crippen LogP contribution in [0.5, 0.6) is 0 Å². The molecule has 3 aliphatic carbocycles. The maximum atomic E-state index is 13.3. The summed E-state index contributed by atoms with van der Waals surface area (Å²) >= 11 is 0. The van der Waals surface area contributed by atoms with Gasteiger partial charge in [0.25, 0.3) is 0 Å². The van der Waals surface area contributed by atoms with Crippen molar-refractivity contribution in [2.24, 2.45) is 11.3 Å². The van der Waals surface area contributed by atoms with E-state index < -0.39 is 11.6 Å². The van der Waals surface area contributed by atoms with E-state index in [1.54, 1.807) is 35.1 Å². The monoisotopic (exact) mass is 430 g/mol. The number of hydrogen-bond donors (Lipinski definition) is 2. The van der Waals surface area contributed by atoms with Gasteiger partial charge in [0.15, 0.2) is 0 Å². The first-order chi connectivity index (χ1) is 15.4. The fraction of sp³-hybridized carbons (Fsp3) is 0.308. The van der Waals surface area contributed by atoms with Crippen LogP contribution in [-0.2, 0) is 12.8 Å². The van der Waals surface area contributed by atoms with Crippen molar-refractivity contribution in [3.63, 3.8) is 0 Å². The van der Waals surface area contributed by atoms with Crippen LogP contribution in [0.1, 0.15) is 46.4 Å². The van der Waals surface area contributed by atoms with Crippen LogP contribution in [0.3, 0.4) is 0 Å². The van der Waals surface area contributed by atoms with Gasteiger partial charge in [-0.2, -0.15) is 5.10 Å². The Hall–Kier alpha value is -3.25. The fourth-order valence-electron chi connectivity index (χ4n) is 6.10. The minimum atomic E-state index is -0.917. The van der Waals surface area contributed by atoms with Gasteiger partial charge >= 0.3 is 5.97 Å². The first-order valence-electron chi connectivity index (χ1n) is 11.0. The number of aromatic nitrogens is 2. The quantitative estimate of drug-likeness (QED) is 0.628. The van der Waals surface area contributed by atoms with E-state index in [1.807, 2.05) is 12.1 Å². The van der Waals surface area contributed by atoms with Crippen molar-refractivity contribution >= 4 is 12.0 Å². The third-order valence-corrected chi connectivity index (χ3v) is 7.86. The number of aliphatic hydroxyl groups is 1. The summed E-state index contributed by atoms with van der Waals surface area (Å²) in [5.74, 6) is -0.775. The van der Waals surface area contributed by atoms with E-state index in [2.05, 4.69) is 11.2 Å². The SMILES string of the molecule is O=C(O)c1ccccc1CC[C@]12CC1CC1=Cc3c(cnn3-c3ccc(F)cc3)CC12O. The van der Waals surface area contributed by atoms with Gasteiger partial charge in [0.2, 0.25) is 0 Å². The van der Waals surface area contributed by atoms with Crippen molar-refractivity contribution in [2.75, 3.05) is 0 Å². The van der Waals surface area contributed by atoms with Crippen molar-refractivity contribution in [2.45, 2.75) is 37.7 Å². The van der Waals surface area contributed by atoms with Gasteiger partial charge < -0.3 is 10.2 Å². The molecule has 5 nitrogen and oxygen atoms in total. The third-order valence-electron chi connectivity index (χ3n) is 7.86. The van der Waals surface area contributed by atoms with Gasteiger partial charge in [0.05, 0.1) is 28.7 Å². The lowest BCUT2D eigenvalue weighted by Crippen LogP contribution is -2.43. The Kier molecular flexibility index (Phi) is 4.02. The lowest BCUT2D eigenvalue weighted by atomic mass is 9.72. The molecule has 0 saturated heterocycles. The highest BCUT2D eigenvalue weighted by molar-refractivity contribution is 5.89. The van der Waals surface area contributed by atoms with E-state index in [4.69, 9.17) is 0 Å². The predicted molar refractivity (Wildman–Crippen MR) is 117 cm³/mol. The standard InChI is InChI=1S/C26H23FN2O3/c27-20-5-7-21(8-6-20)29-23-12-18-11-19-14-25(19,26(18,32)13-17(23)15-28-29)10-9-16-3-1-2-4-22(16)24(30)31/h1-8,12,15,19,32H,9-11,13-14H2,(H,30,31)/t19?,25-,26?/m0/s1. The molecule has 32 heavy (non-hydrogen) atoms. The van der Waals surface area contributed by atoms with E-state index >= 15 is 0 Å². The van der Waals surface area contributed by atoms with Crippen LogP contribution < -0.4 is 0 Å². The number of benzene rings is 2. The van der Waals surface area contributed by atoms with Crippen LogP contribution in [-0.4, -0.2) is 31.6 Å². The molecule has 0 bridgehead atoms. The first-order valence-corrected chi connectivity index (χ1v) is 11.0. The van der Waals surface area contributed by atoms with E-state index in [-0.39, 0.29) is 11.2 Å². The van der Waals surface area contributed by atoms with Crippen LogP contribution in [0.2, 0.25) is 0 Å². The molecule has 0 radical (unpaired) electrons. The molecule has 6 rings (SSSR count). The van der Waals surface area contributed by atoms with Gasteiger partial charge in [0, 0.05) is 17.4 Å². The van der Waals surface area contributed by atoms with E-state index in [1.165, 1.54) is 12.1 Å². The Bertz CT molecular complexity index is 1280.